The second-order valence-electron chi connectivity index (χ2n) is 5.03. The number of carboxylic acids is 1. The molecule has 100 valence electrons. The Balaban J connectivity index is 2.11. The van der Waals surface area contributed by atoms with Crippen LogP contribution in [0.1, 0.15) is 39.5 Å². The van der Waals surface area contributed by atoms with E-state index in [0.717, 1.165) is 31.8 Å². The smallest absolute Gasteiger partial charge is 0.305 e. The van der Waals surface area contributed by atoms with E-state index in [-0.39, 0.29) is 12.5 Å². The molecule has 0 aliphatic carbocycles. The highest BCUT2D eigenvalue weighted by Gasteiger charge is 2.20. The average Bonchev–Trinajstić information content (AvgIpc) is 2.31. The molecule has 0 radical (unpaired) electrons. The molecule has 1 aliphatic rings. The summed E-state index contributed by atoms with van der Waals surface area (Å²) in [6.07, 6.45) is 3.69. The van der Waals surface area contributed by atoms with E-state index in [1.54, 1.807) is 0 Å². The molecule has 4 nitrogen and oxygen atoms in total. The monoisotopic (exact) mass is 243 g/mol. The molecule has 1 fully saturated rings. The molecule has 1 aliphatic heterocycles. The molecule has 1 heterocycles. The molecule has 0 aromatic heterocycles. The molecule has 0 amide bonds. The molecule has 0 bridgehead atoms. The summed E-state index contributed by atoms with van der Waals surface area (Å²) < 4.78 is 5.57. The second kappa shape index (κ2) is 7.67. The van der Waals surface area contributed by atoms with Crippen LogP contribution in [0.2, 0.25) is 0 Å². The summed E-state index contributed by atoms with van der Waals surface area (Å²) >= 11 is 0. The average molecular weight is 243 g/mol. The second-order valence-corrected chi connectivity index (χ2v) is 5.03. The zero-order chi connectivity index (χ0) is 12.7. The first-order valence-corrected chi connectivity index (χ1v) is 6.67. The maximum atomic E-state index is 10.4. The maximum absolute atomic E-state index is 10.4. The summed E-state index contributed by atoms with van der Waals surface area (Å²) in [6.45, 7) is 8.22. The van der Waals surface area contributed by atoms with Gasteiger partial charge in [-0.15, -0.1) is 0 Å². The minimum atomic E-state index is -0.779. The summed E-state index contributed by atoms with van der Waals surface area (Å²) in [7, 11) is 0. The molecule has 1 unspecified atom stereocenters. The number of hydrogen-bond acceptors (Lipinski definition) is 3. The summed E-state index contributed by atoms with van der Waals surface area (Å²) in [6, 6.07) is 0. The topological polar surface area (TPSA) is 49.8 Å². The van der Waals surface area contributed by atoms with E-state index in [4.69, 9.17) is 9.84 Å². The zero-order valence-corrected chi connectivity index (χ0v) is 11.0. The van der Waals surface area contributed by atoms with Gasteiger partial charge in [-0.3, -0.25) is 4.79 Å². The Morgan fingerprint density at radius 3 is 2.65 bits per heavy atom. The van der Waals surface area contributed by atoms with Crippen molar-refractivity contribution in [3.63, 3.8) is 0 Å². The van der Waals surface area contributed by atoms with Gasteiger partial charge in [0.25, 0.3) is 0 Å². The minimum absolute atomic E-state index is 0.118. The lowest BCUT2D eigenvalue weighted by Gasteiger charge is -2.33. The molecule has 0 aromatic carbocycles. The third-order valence-corrected chi connectivity index (χ3v) is 3.47. The van der Waals surface area contributed by atoms with E-state index < -0.39 is 5.97 Å². The normalized spacial score (nSPS) is 20.4. The van der Waals surface area contributed by atoms with Gasteiger partial charge in [0, 0.05) is 19.6 Å². The molecule has 1 atom stereocenters. The van der Waals surface area contributed by atoms with Crippen molar-refractivity contribution in [1.29, 1.82) is 0 Å². The van der Waals surface area contributed by atoms with E-state index in [9.17, 15) is 4.79 Å². The quantitative estimate of drug-likeness (QED) is 0.743. The number of piperidine rings is 1. The largest absolute Gasteiger partial charge is 0.481 e. The van der Waals surface area contributed by atoms with Gasteiger partial charge in [0.1, 0.15) is 0 Å². The van der Waals surface area contributed by atoms with Crippen molar-refractivity contribution in [2.24, 2.45) is 5.92 Å². The van der Waals surface area contributed by atoms with Crippen LogP contribution in [0.5, 0.6) is 0 Å². The molecule has 0 aromatic rings. The highest BCUT2D eigenvalue weighted by atomic mass is 16.5. The van der Waals surface area contributed by atoms with Gasteiger partial charge >= 0.3 is 5.97 Å². The minimum Gasteiger partial charge on any atom is -0.481 e. The summed E-state index contributed by atoms with van der Waals surface area (Å²) in [5.41, 5.74) is 0. The van der Waals surface area contributed by atoms with Gasteiger partial charge < -0.3 is 14.7 Å². The van der Waals surface area contributed by atoms with Crippen LogP contribution in [0.25, 0.3) is 0 Å². The lowest BCUT2D eigenvalue weighted by Crippen LogP contribution is -2.39. The molecule has 4 heteroatoms. The molecule has 1 saturated heterocycles. The van der Waals surface area contributed by atoms with Gasteiger partial charge in [0.05, 0.1) is 19.1 Å². The van der Waals surface area contributed by atoms with Crippen molar-refractivity contribution >= 4 is 5.97 Å². The molecule has 0 saturated carbocycles. The van der Waals surface area contributed by atoms with E-state index in [0.29, 0.717) is 6.61 Å². The third kappa shape index (κ3) is 6.03. The number of rotatable bonds is 7. The van der Waals surface area contributed by atoms with Crippen LogP contribution in [-0.4, -0.2) is 48.3 Å². The Hall–Kier alpha value is -0.610. The summed E-state index contributed by atoms with van der Waals surface area (Å²) in [4.78, 5) is 12.9. The fourth-order valence-electron chi connectivity index (χ4n) is 2.14. The lowest BCUT2D eigenvalue weighted by molar-refractivity contribution is -0.138. The first kappa shape index (κ1) is 14.5. The fourth-order valence-corrected chi connectivity index (χ4v) is 2.14. The van der Waals surface area contributed by atoms with E-state index in [1.807, 2.05) is 0 Å². The van der Waals surface area contributed by atoms with Crippen molar-refractivity contribution in [1.82, 2.24) is 4.90 Å². The zero-order valence-electron chi connectivity index (χ0n) is 11.0. The SMILES string of the molecule is CCC(C)CN1CCC(OCCC(=O)O)CC1. The number of likely N-dealkylation sites (tertiary alicyclic amines) is 1. The number of hydrogen-bond donors (Lipinski definition) is 1. The molecular weight excluding hydrogens is 218 g/mol. The number of nitrogens with zero attached hydrogens (tertiary/aromatic N) is 1. The van der Waals surface area contributed by atoms with E-state index in [1.165, 1.54) is 13.0 Å². The van der Waals surface area contributed by atoms with Crippen molar-refractivity contribution < 1.29 is 14.6 Å². The fraction of sp³-hybridized carbons (Fsp3) is 0.923. The standard InChI is InChI=1S/C13H25NO3/c1-3-11(2)10-14-7-4-12(5-8-14)17-9-6-13(15)16/h11-12H,3-10H2,1-2H3,(H,15,16). The maximum Gasteiger partial charge on any atom is 0.305 e. The van der Waals surface area contributed by atoms with Crippen LogP contribution >= 0.6 is 0 Å². The van der Waals surface area contributed by atoms with E-state index in [2.05, 4.69) is 18.7 Å². The first-order chi connectivity index (χ1) is 8.11. The molecule has 1 N–H and O–H groups in total. The molecule has 17 heavy (non-hydrogen) atoms. The number of carboxylic acid groups (broad SMARTS) is 1. The lowest BCUT2D eigenvalue weighted by atomic mass is 10.0. The molecule has 1 rings (SSSR count). The highest BCUT2D eigenvalue weighted by molar-refractivity contribution is 5.66. The van der Waals surface area contributed by atoms with Gasteiger partial charge in [-0.05, 0) is 18.8 Å². The predicted octanol–water partition coefficient (Wildman–Crippen LogP) is 1.99. The Bertz CT molecular complexity index is 225. The van der Waals surface area contributed by atoms with Crippen LogP contribution in [0.15, 0.2) is 0 Å². The van der Waals surface area contributed by atoms with Crippen LogP contribution in [0, 0.1) is 5.92 Å². The molecular formula is C13H25NO3. The Morgan fingerprint density at radius 1 is 1.47 bits per heavy atom. The third-order valence-electron chi connectivity index (χ3n) is 3.47. The van der Waals surface area contributed by atoms with Gasteiger partial charge in [0.2, 0.25) is 0 Å². The van der Waals surface area contributed by atoms with Crippen LogP contribution in [0.3, 0.4) is 0 Å². The van der Waals surface area contributed by atoms with Crippen LogP contribution in [-0.2, 0) is 9.53 Å². The van der Waals surface area contributed by atoms with Crippen molar-refractivity contribution in [2.45, 2.75) is 45.6 Å². The van der Waals surface area contributed by atoms with Crippen molar-refractivity contribution in [2.75, 3.05) is 26.2 Å². The Labute approximate surface area is 104 Å². The van der Waals surface area contributed by atoms with Gasteiger partial charge in [-0.25, -0.2) is 0 Å². The molecule has 0 spiro atoms. The van der Waals surface area contributed by atoms with Gasteiger partial charge in [-0.2, -0.15) is 0 Å². The number of carbonyl (C=O) groups is 1. The first-order valence-electron chi connectivity index (χ1n) is 6.67. The summed E-state index contributed by atoms with van der Waals surface area (Å²) in [5, 5.41) is 8.52. The summed E-state index contributed by atoms with van der Waals surface area (Å²) in [5.74, 6) is -0.0151. The predicted molar refractivity (Wildman–Crippen MR) is 67.1 cm³/mol. The van der Waals surface area contributed by atoms with Crippen molar-refractivity contribution in [3.05, 3.63) is 0 Å². The van der Waals surface area contributed by atoms with Crippen molar-refractivity contribution in [3.8, 4) is 0 Å². The number of ether oxygens (including phenoxy) is 1. The van der Waals surface area contributed by atoms with Crippen LogP contribution < -0.4 is 0 Å². The highest BCUT2D eigenvalue weighted by Crippen LogP contribution is 2.16. The van der Waals surface area contributed by atoms with Gasteiger partial charge in [-0.1, -0.05) is 20.3 Å². The Morgan fingerprint density at radius 2 is 2.12 bits per heavy atom. The van der Waals surface area contributed by atoms with Gasteiger partial charge in [0.15, 0.2) is 0 Å². The Kier molecular flexibility index (Phi) is 6.52. The van der Waals surface area contributed by atoms with E-state index >= 15 is 0 Å². The number of aliphatic carboxylic acids is 1. The van der Waals surface area contributed by atoms with Crippen LogP contribution in [0.4, 0.5) is 0 Å².